The summed E-state index contributed by atoms with van der Waals surface area (Å²) in [6.45, 7) is 1.47. The number of carbonyl (C=O) groups excluding carboxylic acids is 2. The Morgan fingerprint density at radius 3 is 3.00 bits per heavy atom. The third-order valence-electron chi connectivity index (χ3n) is 3.01. The number of thiophene rings is 1. The van der Waals surface area contributed by atoms with Gasteiger partial charge < -0.3 is 5.32 Å². The van der Waals surface area contributed by atoms with Gasteiger partial charge in [-0.1, -0.05) is 0 Å². The van der Waals surface area contributed by atoms with Gasteiger partial charge in [0.25, 0.3) is 0 Å². The molecule has 0 fully saturated rings. The molecule has 0 bridgehead atoms. The van der Waals surface area contributed by atoms with Crippen LogP contribution < -0.4 is 5.32 Å². The predicted octanol–water partition coefficient (Wildman–Crippen LogP) is 3.38. The van der Waals surface area contributed by atoms with Crippen LogP contribution in [0.15, 0.2) is 16.8 Å². The van der Waals surface area contributed by atoms with E-state index in [0.717, 1.165) is 17.7 Å². The molecule has 1 amide bonds. The standard InChI is InChI=1S/C13H12N2O2S3/c1-7(16)9-6-20-13(14-9)15-12(17)11-8-2-4-18-10(8)3-5-19-11/h2,4,6,11H,3,5H2,1H3,(H,14,15,17). The van der Waals surface area contributed by atoms with Crippen LogP contribution in [0, 0.1) is 0 Å². The summed E-state index contributed by atoms with van der Waals surface area (Å²) in [6, 6.07) is 2.03. The lowest BCUT2D eigenvalue weighted by Gasteiger charge is -2.20. The third-order valence-corrected chi connectivity index (χ3v) is 6.00. The number of nitrogens with zero attached hydrogens (tertiary/aromatic N) is 1. The first kappa shape index (κ1) is 13.8. The summed E-state index contributed by atoms with van der Waals surface area (Å²) < 4.78 is 0. The number of anilines is 1. The number of thioether (sulfide) groups is 1. The Balaban J connectivity index is 1.75. The first-order chi connectivity index (χ1) is 9.65. The minimum Gasteiger partial charge on any atom is -0.301 e. The van der Waals surface area contributed by atoms with Gasteiger partial charge in [-0.25, -0.2) is 4.98 Å². The molecule has 1 aliphatic heterocycles. The molecule has 20 heavy (non-hydrogen) atoms. The van der Waals surface area contributed by atoms with Gasteiger partial charge in [0.1, 0.15) is 10.9 Å². The number of aromatic nitrogens is 1. The zero-order valence-electron chi connectivity index (χ0n) is 10.7. The molecule has 104 valence electrons. The van der Waals surface area contributed by atoms with Gasteiger partial charge >= 0.3 is 0 Å². The molecule has 2 aromatic heterocycles. The first-order valence-corrected chi connectivity index (χ1v) is 8.91. The Morgan fingerprint density at radius 2 is 2.25 bits per heavy atom. The molecule has 1 unspecified atom stereocenters. The maximum atomic E-state index is 12.4. The van der Waals surface area contributed by atoms with Gasteiger partial charge in [0.2, 0.25) is 5.91 Å². The van der Waals surface area contributed by atoms with Crippen LogP contribution in [0.3, 0.4) is 0 Å². The SMILES string of the molecule is CC(=O)c1csc(NC(=O)C2SCCc3sccc32)n1. The van der Waals surface area contributed by atoms with E-state index in [1.165, 1.54) is 23.1 Å². The van der Waals surface area contributed by atoms with Crippen LogP contribution in [0.25, 0.3) is 0 Å². The normalized spacial score (nSPS) is 17.6. The number of hydrogen-bond donors (Lipinski definition) is 1. The van der Waals surface area contributed by atoms with Gasteiger partial charge in [-0.05, 0) is 29.2 Å². The number of carbonyl (C=O) groups is 2. The van der Waals surface area contributed by atoms with Crippen molar-refractivity contribution in [2.75, 3.05) is 11.1 Å². The van der Waals surface area contributed by atoms with Gasteiger partial charge in [0, 0.05) is 17.2 Å². The number of thiazole rings is 1. The number of rotatable bonds is 3. The number of aryl methyl sites for hydroxylation is 1. The zero-order chi connectivity index (χ0) is 14.1. The average molecular weight is 324 g/mol. The molecule has 0 aliphatic carbocycles. The second kappa shape index (κ2) is 5.67. The maximum absolute atomic E-state index is 12.4. The van der Waals surface area contributed by atoms with Crippen molar-refractivity contribution in [3.8, 4) is 0 Å². The summed E-state index contributed by atoms with van der Waals surface area (Å²) in [4.78, 5) is 29.0. The molecule has 3 rings (SSSR count). The van der Waals surface area contributed by atoms with Crippen LogP contribution >= 0.6 is 34.4 Å². The fourth-order valence-electron chi connectivity index (χ4n) is 2.03. The van der Waals surface area contributed by atoms with E-state index >= 15 is 0 Å². The second-order valence-corrected chi connectivity index (χ2v) is 7.46. The van der Waals surface area contributed by atoms with Crippen LogP contribution in [0.2, 0.25) is 0 Å². The molecule has 0 radical (unpaired) electrons. The lowest BCUT2D eigenvalue weighted by molar-refractivity contribution is -0.115. The van der Waals surface area contributed by atoms with Crippen LogP contribution in [-0.4, -0.2) is 22.4 Å². The molecule has 3 heterocycles. The first-order valence-electron chi connectivity index (χ1n) is 6.10. The van der Waals surface area contributed by atoms with Crippen LogP contribution in [0.5, 0.6) is 0 Å². The van der Waals surface area contributed by atoms with Crippen LogP contribution in [0.1, 0.15) is 33.1 Å². The van der Waals surface area contributed by atoms with Gasteiger partial charge in [-0.2, -0.15) is 0 Å². The van der Waals surface area contributed by atoms with E-state index in [0.29, 0.717) is 10.8 Å². The molecular weight excluding hydrogens is 312 g/mol. The summed E-state index contributed by atoms with van der Waals surface area (Å²) >= 11 is 4.65. The van der Waals surface area contributed by atoms with Crippen molar-refractivity contribution >= 4 is 51.3 Å². The number of amides is 1. The lowest BCUT2D eigenvalue weighted by atomic mass is 10.1. The van der Waals surface area contributed by atoms with Gasteiger partial charge in [-0.15, -0.1) is 34.4 Å². The minimum atomic E-state index is -0.172. The van der Waals surface area contributed by atoms with Crippen LogP contribution in [-0.2, 0) is 11.2 Å². The molecule has 1 aliphatic rings. The van der Waals surface area contributed by atoms with E-state index in [1.807, 2.05) is 11.4 Å². The van der Waals surface area contributed by atoms with Crippen molar-refractivity contribution in [1.82, 2.24) is 4.98 Å². The molecule has 0 saturated carbocycles. The topological polar surface area (TPSA) is 59.1 Å². The summed E-state index contributed by atoms with van der Waals surface area (Å²) in [7, 11) is 0. The highest BCUT2D eigenvalue weighted by atomic mass is 32.2. The molecule has 0 saturated heterocycles. The lowest BCUT2D eigenvalue weighted by Crippen LogP contribution is -2.22. The van der Waals surface area contributed by atoms with E-state index in [-0.39, 0.29) is 16.9 Å². The molecule has 1 N–H and O–H groups in total. The zero-order valence-corrected chi connectivity index (χ0v) is 13.2. The Hall–Kier alpha value is -1.18. The molecule has 4 nitrogen and oxygen atoms in total. The molecule has 0 aromatic carbocycles. The summed E-state index contributed by atoms with van der Waals surface area (Å²) in [5.74, 6) is 0.815. The smallest absolute Gasteiger partial charge is 0.243 e. The van der Waals surface area contributed by atoms with Crippen molar-refractivity contribution in [3.63, 3.8) is 0 Å². The minimum absolute atomic E-state index is 0.0567. The van der Waals surface area contributed by atoms with Gasteiger partial charge in [0.15, 0.2) is 10.9 Å². The summed E-state index contributed by atoms with van der Waals surface area (Å²) in [5.41, 5.74) is 1.52. The molecule has 2 aromatic rings. The monoisotopic (exact) mass is 324 g/mol. The fraction of sp³-hybridized carbons (Fsp3) is 0.308. The summed E-state index contributed by atoms with van der Waals surface area (Å²) in [6.07, 6.45) is 1.03. The average Bonchev–Trinajstić information content (AvgIpc) is 3.05. The van der Waals surface area contributed by atoms with Crippen molar-refractivity contribution in [2.24, 2.45) is 0 Å². The largest absolute Gasteiger partial charge is 0.301 e. The van der Waals surface area contributed by atoms with E-state index < -0.39 is 0 Å². The summed E-state index contributed by atoms with van der Waals surface area (Å²) in [5, 5.41) is 6.84. The number of hydrogen-bond acceptors (Lipinski definition) is 6. The number of Topliss-reactive ketones (excluding diaryl/α,β-unsaturated/α-hetero) is 1. The predicted molar refractivity (Wildman–Crippen MR) is 84.0 cm³/mol. The van der Waals surface area contributed by atoms with Gasteiger partial charge in [-0.3, -0.25) is 9.59 Å². The number of fused-ring (bicyclic) bond motifs is 1. The Bertz CT molecular complexity index is 662. The fourth-order valence-corrected chi connectivity index (χ4v) is 5.07. The molecule has 0 spiro atoms. The molecular formula is C13H12N2O2S3. The quantitative estimate of drug-likeness (QED) is 0.879. The van der Waals surface area contributed by atoms with E-state index in [1.54, 1.807) is 28.5 Å². The van der Waals surface area contributed by atoms with E-state index in [2.05, 4.69) is 10.3 Å². The molecule has 7 heteroatoms. The Morgan fingerprint density at radius 1 is 1.40 bits per heavy atom. The van der Waals surface area contributed by atoms with E-state index in [9.17, 15) is 9.59 Å². The van der Waals surface area contributed by atoms with Crippen molar-refractivity contribution in [1.29, 1.82) is 0 Å². The van der Waals surface area contributed by atoms with E-state index in [4.69, 9.17) is 0 Å². The highest BCUT2D eigenvalue weighted by Crippen LogP contribution is 2.40. The number of ketones is 1. The third kappa shape index (κ3) is 2.65. The Labute approximate surface area is 128 Å². The number of nitrogens with one attached hydrogen (secondary N) is 1. The van der Waals surface area contributed by atoms with Crippen molar-refractivity contribution < 1.29 is 9.59 Å². The maximum Gasteiger partial charge on any atom is 0.243 e. The van der Waals surface area contributed by atoms with Gasteiger partial charge in [0.05, 0.1) is 0 Å². The highest BCUT2D eigenvalue weighted by Gasteiger charge is 2.28. The second-order valence-electron chi connectivity index (χ2n) is 4.38. The Kier molecular flexibility index (Phi) is 3.91. The van der Waals surface area contributed by atoms with Crippen LogP contribution in [0.4, 0.5) is 5.13 Å². The van der Waals surface area contributed by atoms with Crippen molar-refractivity contribution in [3.05, 3.63) is 33.0 Å². The molecule has 1 atom stereocenters. The highest BCUT2D eigenvalue weighted by molar-refractivity contribution is 8.00. The van der Waals surface area contributed by atoms with Crippen molar-refractivity contribution in [2.45, 2.75) is 18.6 Å².